The molecule has 2 aromatic rings. The number of nitrogens with one attached hydrogen (secondary N) is 1. The van der Waals surface area contributed by atoms with Gasteiger partial charge < -0.3 is 9.73 Å². The van der Waals surface area contributed by atoms with Crippen LogP contribution in [0, 0.1) is 6.92 Å². The molecule has 1 N–H and O–H groups in total. The first-order chi connectivity index (χ1) is 7.25. The Labute approximate surface area is 90.9 Å². The van der Waals surface area contributed by atoms with Crippen LogP contribution in [0.2, 0.25) is 0 Å². The molecule has 0 fully saturated rings. The van der Waals surface area contributed by atoms with Gasteiger partial charge in [0.2, 0.25) is 0 Å². The first kappa shape index (κ1) is 9.92. The molecule has 0 radical (unpaired) electrons. The number of furan rings is 1. The Morgan fingerprint density at radius 1 is 1.60 bits per heavy atom. The molecule has 15 heavy (non-hydrogen) atoms. The van der Waals surface area contributed by atoms with Gasteiger partial charge in [-0.05, 0) is 19.1 Å². The number of hydrogen-bond acceptors (Lipinski definition) is 4. The van der Waals surface area contributed by atoms with E-state index in [0.717, 1.165) is 11.5 Å². The highest BCUT2D eigenvalue weighted by atomic mass is 32.1. The number of carbonyl (C=O) groups excluding carboxylic acids is 1. The highest BCUT2D eigenvalue weighted by Crippen LogP contribution is 2.06. The molecule has 4 nitrogen and oxygen atoms in total. The maximum atomic E-state index is 11.5. The van der Waals surface area contributed by atoms with Crippen molar-refractivity contribution in [2.75, 3.05) is 0 Å². The minimum Gasteiger partial charge on any atom is -0.465 e. The Morgan fingerprint density at radius 3 is 3.07 bits per heavy atom. The zero-order valence-corrected chi connectivity index (χ0v) is 9.00. The lowest BCUT2D eigenvalue weighted by Crippen LogP contribution is -2.22. The first-order valence-electron chi connectivity index (χ1n) is 4.47. The van der Waals surface area contributed by atoms with Gasteiger partial charge in [0.05, 0.1) is 12.1 Å². The van der Waals surface area contributed by atoms with Crippen LogP contribution in [0.5, 0.6) is 0 Å². The van der Waals surface area contributed by atoms with Gasteiger partial charge in [-0.3, -0.25) is 4.79 Å². The second-order valence-electron chi connectivity index (χ2n) is 3.07. The lowest BCUT2D eigenvalue weighted by Gasteiger charge is -1.99. The summed E-state index contributed by atoms with van der Waals surface area (Å²) in [5.74, 6) is 1.41. The molecule has 0 saturated carbocycles. The fraction of sp³-hybridized carbons (Fsp3) is 0.200. The smallest absolute Gasteiger partial charge is 0.271 e. The molecule has 2 heterocycles. The van der Waals surface area contributed by atoms with Gasteiger partial charge in [0, 0.05) is 5.38 Å². The second-order valence-corrected chi connectivity index (χ2v) is 3.79. The number of rotatable bonds is 3. The number of thiazole rings is 1. The van der Waals surface area contributed by atoms with E-state index in [-0.39, 0.29) is 5.91 Å². The lowest BCUT2D eigenvalue weighted by atomic mass is 10.4. The average Bonchev–Trinajstić information content (AvgIpc) is 2.84. The van der Waals surface area contributed by atoms with Crippen molar-refractivity contribution in [2.45, 2.75) is 13.5 Å². The van der Waals surface area contributed by atoms with Crippen LogP contribution >= 0.6 is 11.3 Å². The summed E-state index contributed by atoms with van der Waals surface area (Å²) in [6.45, 7) is 2.26. The molecule has 2 aromatic heterocycles. The Balaban J connectivity index is 1.91. The van der Waals surface area contributed by atoms with Crippen LogP contribution in [0.15, 0.2) is 27.4 Å². The third-order valence-corrected chi connectivity index (χ3v) is 2.47. The van der Waals surface area contributed by atoms with E-state index in [1.807, 2.05) is 19.1 Å². The van der Waals surface area contributed by atoms with E-state index in [0.29, 0.717) is 12.2 Å². The minimum absolute atomic E-state index is 0.176. The van der Waals surface area contributed by atoms with Crippen LogP contribution in [0.1, 0.15) is 22.0 Å². The van der Waals surface area contributed by atoms with Gasteiger partial charge in [0.15, 0.2) is 0 Å². The molecular weight excluding hydrogens is 212 g/mol. The summed E-state index contributed by atoms with van der Waals surface area (Å²) in [5.41, 5.74) is 2.08. The molecule has 0 aliphatic rings. The van der Waals surface area contributed by atoms with Crippen LogP contribution in [0.3, 0.4) is 0 Å². The molecule has 0 spiro atoms. The molecular formula is C10H10N2O2S. The quantitative estimate of drug-likeness (QED) is 0.863. The first-order valence-corrected chi connectivity index (χ1v) is 5.41. The van der Waals surface area contributed by atoms with Gasteiger partial charge >= 0.3 is 0 Å². The molecule has 0 saturated heterocycles. The molecule has 78 valence electrons. The predicted molar refractivity (Wildman–Crippen MR) is 56.7 cm³/mol. The molecule has 0 aliphatic carbocycles. The van der Waals surface area contributed by atoms with Crippen molar-refractivity contribution in [3.63, 3.8) is 0 Å². The molecule has 0 unspecified atom stereocenters. The Morgan fingerprint density at radius 2 is 2.47 bits per heavy atom. The van der Waals surface area contributed by atoms with Crippen molar-refractivity contribution in [1.29, 1.82) is 0 Å². The van der Waals surface area contributed by atoms with E-state index >= 15 is 0 Å². The summed E-state index contributed by atoms with van der Waals surface area (Å²) in [4.78, 5) is 15.4. The maximum absolute atomic E-state index is 11.5. The summed E-state index contributed by atoms with van der Waals surface area (Å²) in [5, 5.41) is 4.44. The normalized spacial score (nSPS) is 10.2. The molecule has 0 atom stereocenters. The van der Waals surface area contributed by atoms with Crippen molar-refractivity contribution in [1.82, 2.24) is 10.3 Å². The SMILES string of the molecule is Cc1ccc(CNC(=O)c2cscn2)o1. The molecule has 2 rings (SSSR count). The Hall–Kier alpha value is -1.62. The van der Waals surface area contributed by atoms with E-state index in [1.165, 1.54) is 11.3 Å². The maximum Gasteiger partial charge on any atom is 0.271 e. The monoisotopic (exact) mass is 222 g/mol. The molecule has 1 amide bonds. The lowest BCUT2D eigenvalue weighted by molar-refractivity contribution is 0.0943. The molecule has 0 aliphatic heterocycles. The Kier molecular flexibility index (Phi) is 2.82. The third-order valence-electron chi connectivity index (χ3n) is 1.88. The molecule has 5 heteroatoms. The topological polar surface area (TPSA) is 55.1 Å². The Bertz CT molecular complexity index is 448. The number of carbonyl (C=O) groups is 1. The largest absolute Gasteiger partial charge is 0.465 e. The summed E-state index contributed by atoms with van der Waals surface area (Å²) in [6, 6.07) is 3.71. The molecule has 0 bridgehead atoms. The minimum atomic E-state index is -0.176. The van der Waals surface area contributed by atoms with Crippen LogP contribution in [0.4, 0.5) is 0 Å². The van der Waals surface area contributed by atoms with Gasteiger partial charge in [-0.25, -0.2) is 4.98 Å². The van der Waals surface area contributed by atoms with E-state index in [1.54, 1.807) is 10.9 Å². The summed E-state index contributed by atoms with van der Waals surface area (Å²) in [6.07, 6.45) is 0. The van der Waals surface area contributed by atoms with Crippen LogP contribution in [0.25, 0.3) is 0 Å². The number of hydrogen-bond donors (Lipinski definition) is 1. The third kappa shape index (κ3) is 2.44. The van der Waals surface area contributed by atoms with E-state index in [2.05, 4.69) is 10.3 Å². The van der Waals surface area contributed by atoms with Crippen LogP contribution in [-0.2, 0) is 6.54 Å². The highest BCUT2D eigenvalue weighted by molar-refractivity contribution is 7.07. The van der Waals surface area contributed by atoms with E-state index < -0.39 is 0 Å². The average molecular weight is 222 g/mol. The van der Waals surface area contributed by atoms with E-state index in [9.17, 15) is 4.79 Å². The summed E-state index contributed by atoms with van der Waals surface area (Å²) in [7, 11) is 0. The van der Waals surface area contributed by atoms with Gasteiger partial charge in [-0.1, -0.05) is 0 Å². The van der Waals surface area contributed by atoms with Gasteiger partial charge in [-0.2, -0.15) is 0 Å². The van der Waals surface area contributed by atoms with Gasteiger partial charge in [0.1, 0.15) is 17.2 Å². The van der Waals surface area contributed by atoms with Gasteiger partial charge in [0.25, 0.3) is 5.91 Å². The summed E-state index contributed by atoms with van der Waals surface area (Å²) < 4.78 is 5.32. The van der Waals surface area contributed by atoms with Crippen molar-refractivity contribution in [3.05, 3.63) is 40.2 Å². The highest BCUT2D eigenvalue weighted by Gasteiger charge is 2.07. The van der Waals surface area contributed by atoms with Crippen LogP contribution in [-0.4, -0.2) is 10.9 Å². The molecule has 0 aromatic carbocycles. The standard InChI is InChI=1S/C10H10N2O2S/c1-7-2-3-8(14-7)4-11-10(13)9-5-15-6-12-9/h2-3,5-6H,4H2,1H3,(H,11,13). The fourth-order valence-electron chi connectivity index (χ4n) is 1.16. The van der Waals surface area contributed by atoms with E-state index in [4.69, 9.17) is 4.42 Å². The number of nitrogens with zero attached hydrogens (tertiary/aromatic N) is 1. The van der Waals surface area contributed by atoms with Gasteiger partial charge in [-0.15, -0.1) is 11.3 Å². The van der Waals surface area contributed by atoms with Crippen LogP contribution < -0.4 is 5.32 Å². The zero-order chi connectivity index (χ0) is 10.7. The fourth-order valence-corrected chi connectivity index (χ4v) is 1.69. The summed E-state index contributed by atoms with van der Waals surface area (Å²) >= 11 is 1.40. The zero-order valence-electron chi connectivity index (χ0n) is 8.19. The second kappa shape index (κ2) is 4.27. The van der Waals surface area contributed by atoms with Crippen molar-refractivity contribution in [2.24, 2.45) is 0 Å². The van der Waals surface area contributed by atoms with Crippen molar-refractivity contribution >= 4 is 17.2 Å². The number of aromatic nitrogens is 1. The van der Waals surface area contributed by atoms with Crippen molar-refractivity contribution in [3.8, 4) is 0 Å². The number of aryl methyl sites for hydroxylation is 1. The predicted octanol–water partition coefficient (Wildman–Crippen LogP) is 1.97. The van der Waals surface area contributed by atoms with Crippen molar-refractivity contribution < 1.29 is 9.21 Å². The number of amides is 1.